The summed E-state index contributed by atoms with van der Waals surface area (Å²) in [5.74, 6) is 0.485. The van der Waals surface area contributed by atoms with Crippen molar-refractivity contribution in [2.75, 3.05) is 26.2 Å². The number of aromatic nitrogens is 2. The van der Waals surface area contributed by atoms with Crippen molar-refractivity contribution in [1.82, 2.24) is 25.3 Å². The van der Waals surface area contributed by atoms with Gasteiger partial charge in [-0.05, 0) is 51.5 Å². The summed E-state index contributed by atoms with van der Waals surface area (Å²) in [6.07, 6.45) is 8.81. The first-order chi connectivity index (χ1) is 13.2. The highest BCUT2D eigenvalue weighted by Crippen LogP contribution is 2.26. The largest absolute Gasteiger partial charge is 0.353 e. The summed E-state index contributed by atoms with van der Waals surface area (Å²) in [5, 5.41) is 10.1. The maximum absolute atomic E-state index is 12.8. The Balaban J connectivity index is 1.29. The molecule has 3 aliphatic rings. The van der Waals surface area contributed by atoms with Gasteiger partial charge in [0.25, 0.3) is 5.91 Å². The number of hydrogen-bond donors (Lipinski definition) is 2. The third-order valence-electron chi connectivity index (χ3n) is 6.32. The van der Waals surface area contributed by atoms with E-state index in [0.717, 1.165) is 76.8 Å². The molecule has 2 amide bonds. The first-order valence-corrected chi connectivity index (χ1v) is 10.5. The lowest BCUT2D eigenvalue weighted by atomic mass is 9.93. The molecule has 1 saturated carbocycles. The molecule has 1 aromatic rings. The van der Waals surface area contributed by atoms with Gasteiger partial charge in [-0.3, -0.25) is 19.6 Å². The third-order valence-corrected chi connectivity index (χ3v) is 6.32. The smallest absolute Gasteiger partial charge is 0.257 e. The molecular weight excluding hydrogens is 342 g/mol. The van der Waals surface area contributed by atoms with Gasteiger partial charge in [-0.15, -0.1) is 0 Å². The van der Waals surface area contributed by atoms with Crippen molar-refractivity contribution in [3.8, 4) is 0 Å². The molecule has 3 heterocycles. The van der Waals surface area contributed by atoms with Gasteiger partial charge in [0, 0.05) is 37.4 Å². The third kappa shape index (κ3) is 4.18. The maximum atomic E-state index is 12.8. The van der Waals surface area contributed by atoms with E-state index in [0.29, 0.717) is 17.6 Å². The fourth-order valence-electron chi connectivity index (χ4n) is 4.47. The molecule has 4 rings (SSSR count). The number of carbonyl (C=O) groups excluding carboxylic acids is 2. The van der Waals surface area contributed by atoms with E-state index in [4.69, 9.17) is 0 Å². The molecule has 0 unspecified atom stereocenters. The average molecular weight is 374 g/mol. The lowest BCUT2D eigenvalue weighted by Gasteiger charge is -2.42. The van der Waals surface area contributed by atoms with Crippen LogP contribution in [0.5, 0.6) is 0 Å². The molecule has 0 bridgehead atoms. The summed E-state index contributed by atoms with van der Waals surface area (Å²) in [7, 11) is 0. The monoisotopic (exact) mass is 373 g/mol. The number of hydrogen-bond acceptors (Lipinski definition) is 4. The minimum atomic E-state index is 0.0966. The zero-order valence-corrected chi connectivity index (χ0v) is 16.2. The Labute approximate surface area is 160 Å². The number of amides is 2. The van der Waals surface area contributed by atoms with Crippen LogP contribution in [-0.2, 0) is 11.2 Å². The fourth-order valence-corrected chi connectivity index (χ4v) is 4.47. The minimum Gasteiger partial charge on any atom is -0.353 e. The summed E-state index contributed by atoms with van der Waals surface area (Å²) >= 11 is 0. The molecular formula is C20H31N5O2. The van der Waals surface area contributed by atoms with E-state index in [2.05, 4.69) is 20.4 Å². The Kier molecular flexibility index (Phi) is 5.48. The van der Waals surface area contributed by atoms with Crippen LogP contribution in [0.2, 0.25) is 0 Å². The highest BCUT2D eigenvalue weighted by molar-refractivity contribution is 5.95. The second-order valence-electron chi connectivity index (χ2n) is 8.26. The molecule has 27 heavy (non-hydrogen) atoms. The summed E-state index contributed by atoms with van der Waals surface area (Å²) in [4.78, 5) is 29.6. The molecule has 1 aliphatic carbocycles. The zero-order chi connectivity index (χ0) is 18.8. The van der Waals surface area contributed by atoms with Crippen molar-refractivity contribution in [2.24, 2.45) is 5.92 Å². The lowest BCUT2D eigenvalue weighted by Crippen LogP contribution is -2.51. The molecule has 2 saturated heterocycles. The second-order valence-corrected chi connectivity index (χ2v) is 8.26. The Morgan fingerprint density at radius 1 is 1.19 bits per heavy atom. The molecule has 0 spiro atoms. The molecule has 2 N–H and O–H groups in total. The average Bonchev–Trinajstić information content (AvgIpc) is 3.40. The fraction of sp³-hybridized carbons (Fsp3) is 0.750. The van der Waals surface area contributed by atoms with Gasteiger partial charge in [0.1, 0.15) is 0 Å². The normalized spacial score (nSPS) is 24.8. The molecule has 7 nitrogen and oxygen atoms in total. The van der Waals surface area contributed by atoms with Crippen LogP contribution in [0.1, 0.15) is 61.5 Å². The Bertz CT molecular complexity index is 676. The predicted octanol–water partition coefficient (Wildman–Crippen LogP) is 1.57. The molecule has 0 radical (unpaired) electrons. The molecule has 3 fully saturated rings. The Morgan fingerprint density at radius 2 is 1.96 bits per heavy atom. The molecule has 1 atom stereocenters. The number of aromatic amines is 1. The van der Waals surface area contributed by atoms with Crippen LogP contribution in [-0.4, -0.2) is 70.1 Å². The van der Waals surface area contributed by atoms with Crippen LogP contribution < -0.4 is 5.32 Å². The van der Waals surface area contributed by atoms with Crippen LogP contribution in [0.4, 0.5) is 0 Å². The van der Waals surface area contributed by atoms with E-state index in [1.807, 2.05) is 11.8 Å². The number of nitrogens with one attached hydrogen (secondary N) is 2. The molecule has 0 aromatic carbocycles. The van der Waals surface area contributed by atoms with E-state index in [1.165, 1.54) is 0 Å². The highest BCUT2D eigenvalue weighted by Gasteiger charge is 2.34. The maximum Gasteiger partial charge on any atom is 0.257 e. The van der Waals surface area contributed by atoms with Crippen LogP contribution in [0.3, 0.4) is 0 Å². The number of likely N-dealkylation sites (tertiary alicyclic amines) is 2. The van der Waals surface area contributed by atoms with Crippen molar-refractivity contribution in [1.29, 1.82) is 0 Å². The molecule has 1 aromatic heterocycles. The highest BCUT2D eigenvalue weighted by atomic mass is 16.2. The Morgan fingerprint density at radius 3 is 2.67 bits per heavy atom. The second kappa shape index (κ2) is 8.00. The number of nitrogens with zero attached hydrogens (tertiary/aromatic N) is 3. The van der Waals surface area contributed by atoms with Gasteiger partial charge in [-0.1, -0.05) is 6.92 Å². The first-order valence-electron chi connectivity index (χ1n) is 10.5. The number of H-pyrrole nitrogens is 1. The van der Waals surface area contributed by atoms with Crippen molar-refractivity contribution in [2.45, 2.75) is 64.0 Å². The first kappa shape index (κ1) is 18.5. The van der Waals surface area contributed by atoms with Crippen molar-refractivity contribution < 1.29 is 9.59 Å². The number of rotatable bonds is 5. The van der Waals surface area contributed by atoms with E-state index >= 15 is 0 Å². The Hall–Kier alpha value is -1.89. The molecule has 2 aliphatic heterocycles. The van der Waals surface area contributed by atoms with Crippen molar-refractivity contribution in [3.63, 3.8) is 0 Å². The summed E-state index contributed by atoms with van der Waals surface area (Å²) in [5.41, 5.74) is 1.63. The summed E-state index contributed by atoms with van der Waals surface area (Å²) < 4.78 is 0. The van der Waals surface area contributed by atoms with E-state index in [1.54, 1.807) is 6.20 Å². The number of aryl methyl sites for hydroxylation is 1. The molecule has 148 valence electrons. The van der Waals surface area contributed by atoms with Crippen molar-refractivity contribution in [3.05, 3.63) is 17.5 Å². The van der Waals surface area contributed by atoms with Crippen LogP contribution >= 0.6 is 0 Å². The SMILES string of the molecule is CCc1[nH]ncc1C(=O)N1CCC(N2CCC[C@H](C(=O)NC3CC3)C2)CC1. The standard InChI is InChI=1S/C20H31N5O2/c1-2-18-17(12-21-23-18)20(27)24-10-7-16(8-11-24)25-9-3-4-14(13-25)19(26)22-15-5-6-15/h12,14-16H,2-11,13H2,1H3,(H,21,23)(H,22,26)/t14-/m0/s1. The van der Waals surface area contributed by atoms with Crippen LogP contribution in [0.15, 0.2) is 6.20 Å². The van der Waals surface area contributed by atoms with Gasteiger partial charge in [0.05, 0.1) is 17.7 Å². The van der Waals surface area contributed by atoms with Gasteiger partial charge in [-0.2, -0.15) is 5.10 Å². The summed E-state index contributed by atoms with van der Waals surface area (Å²) in [6.45, 7) is 5.55. The quantitative estimate of drug-likeness (QED) is 0.821. The minimum absolute atomic E-state index is 0.0966. The van der Waals surface area contributed by atoms with E-state index < -0.39 is 0 Å². The number of piperidine rings is 2. The predicted molar refractivity (Wildman–Crippen MR) is 102 cm³/mol. The lowest BCUT2D eigenvalue weighted by molar-refractivity contribution is -0.127. The summed E-state index contributed by atoms with van der Waals surface area (Å²) in [6, 6.07) is 0.929. The van der Waals surface area contributed by atoms with Gasteiger partial charge < -0.3 is 10.2 Å². The van der Waals surface area contributed by atoms with Gasteiger partial charge in [-0.25, -0.2) is 0 Å². The van der Waals surface area contributed by atoms with Crippen LogP contribution in [0, 0.1) is 5.92 Å². The van der Waals surface area contributed by atoms with Crippen molar-refractivity contribution >= 4 is 11.8 Å². The zero-order valence-electron chi connectivity index (χ0n) is 16.2. The van der Waals surface area contributed by atoms with Gasteiger partial charge in [0.2, 0.25) is 5.91 Å². The number of carbonyl (C=O) groups is 2. The van der Waals surface area contributed by atoms with Gasteiger partial charge >= 0.3 is 0 Å². The van der Waals surface area contributed by atoms with E-state index in [9.17, 15) is 9.59 Å². The molecule has 7 heteroatoms. The van der Waals surface area contributed by atoms with E-state index in [-0.39, 0.29) is 17.7 Å². The van der Waals surface area contributed by atoms with Gasteiger partial charge in [0.15, 0.2) is 0 Å². The van der Waals surface area contributed by atoms with Crippen LogP contribution in [0.25, 0.3) is 0 Å². The topological polar surface area (TPSA) is 81.3 Å².